The van der Waals surface area contributed by atoms with Gasteiger partial charge in [0.15, 0.2) is 0 Å². The summed E-state index contributed by atoms with van der Waals surface area (Å²) in [5.41, 5.74) is 0.588. The lowest BCUT2D eigenvalue weighted by atomic mass is 10.1. The van der Waals surface area contributed by atoms with Crippen molar-refractivity contribution in [2.75, 3.05) is 25.0 Å². The summed E-state index contributed by atoms with van der Waals surface area (Å²) in [5.74, 6) is 0.939. The Hall–Kier alpha value is -1.24. The molecule has 0 bridgehead atoms. The van der Waals surface area contributed by atoms with Gasteiger partial charge in [0.25, 0.3) is 0 Å². The molecule has 1 saturated heterocycles. The van der Waals surface area contributed by atoms with Crippen LogP contribution in [0.5, 0.6) is 0 Å². The van der Waals surface area contributed by atoms with E-state index >= 15 is 0 Å². The molecule has 1 aliphatic heterocycles. The van der Waals surface area contributed by atoms with Gasteiger partial charge in [0.05, 0.1) is 11.0 Å². The molecule has 0 saturated carbocycles. The van der Waals surface area contributed by atoms with Crippen LogP contribution in [-0.4, -0.2) is 51.3 Å². The minimum Gasteiger partial charge on any atom is -0.389 e. The molecule has 0 aliphatic carbocycles. The number of fused-ring (bicyclic) bond motifs is 1. The largest absolute Gasteiger partial charge is 0.389 e. The molecule has 114 valence electrons. The summed E-state index contributed by atoms with van der Waals surface area (Å²) < 4.78 is 0. The van der Waals surface area contributed by atoms with Gasteiger partial charge in [0.2, 0.25) is 0 Å². The van der Waals surface area contributed by atoms with Crippen molar-refractivity contribution in [2.45, 2.75) is 38.8 Å². The lowest BCUT2D eigenvalue weighted by Crippen LogP contribution is -2.38. The van der Waals surface area contributed by atoms with Crippen LogP contribution in [0.1, 0.15) is 25.8 Å². The first kappa shape index (κ1) is 14.7. The first-order valence-corrected chi connectivity index (χ1v) is 8.20. The molecule has 1 fully saturated rings. The van der Waals surface area contributed by atoms with Crippen molar-refractivity contribution in [3.63, 3.8) is 0 Å². The Bertz CT molecular complexity index is 634. The van der Waals surface area contributed by atoms with Crippen LogP contribution >= 0.6 is 11.3 Å². The number of thiophene rings is 1. The van der Waals surface area contributed by atoms with E-state index in [1.807, 2.05) is 13.8 Å². The maximum absolute atomic E-state index is 9.92. The molecule has 2 aromatic heterocycles. The van der Waals surface area contributed by atoms with Gasteiger partial charge < -0.3 is 10.4 Å². The average Bonchev–Trinajstić information content (AvgIpc) is 2.96. The lowest BCUT2D eigenvalue weighted by Gasteiger charge is -2.25. The van der Waals surface area contributed by atoms with Gasteiger partial charge in [-0.25, -0.2) is 9.97 Å². The highest BCUT2D eigenvalue weighted by Crippen LogP contribution is 2.29. The molecule has 1 atom stereocenters. The van der Waals surface area contributed by atoms with Crippen LogP contribution in [0.25, 0.3) is 10.2 Å². The van der Waals surface area contributed by atoms with Gasteiger partial charge in [-0.3, -0.25) is 4.90 Å². The summed E-state index contributed by atoms with van der Waals surface area (Å²) in [6.07, 6.45) is 2.70. The minimum atomic E-state index is -0.638. The zero-order valence-corrected chi connectivity index (χ0v) is 13.6. The van der Waals surface area contributed by atoms with E-state index in [2.05, 4.69) is 32.5 Å². The van der Waals surface area contributed by atoms with Crippen molar-refractivity contribution < 1.29 is 5.11 Å². The Balaban J connectivity index is 1.71. The molecular weight excluding hydrogens is 284 g/mol. The van der Waals surface area contributed by atoms with Crippen molar-refractivity contribution in [1.29, 1.82) is 0 Å². The zero-order chi connectivity index (χ0) is 15.0. The van der Waals surface area contributed by atoms with Gasteiger partial charge in [-0.05, 0) is 38.1 Å². The summed E-state index contributed by atoms with van der Waals surface area (Å²) in [7, 11) is 0. The van der Waals surface area contributed by atoms with Crippen molar-refractivity contribution in [2.24, 2.45) is 0 Å². The molecule has 1 aliphatic rings. The molecule has 0 aromatic carbocycles. The fraction of sp³-hybridized carbons (Fsp3) is 0.600. The van der Waals surface area contributed by atoms with Crippen LogP contribution in [0.3, 0.4) is 0 Å². The van der Waals surface area contributed by atoms with Gasteiger partial charge in [-0.1, -0.05) is 0 Å². The second kappa shape index (κ2) is 5.51. The normalized spacial score (nSPS) is 20.3. The van der Waals surface area contributed by atoms with Crippen LogP contribution in [-0.2, 0) is 0 Å². The molecule has 2 N–H and O–H groups in total. The second-order valence-corrected chi connectivity index (χ2v) is 7.36. The maximum Gasteiger partial charge on any atom is 0.138 e. The third-order valence-electron chi connectivity index (χ3n) is 3.78. The highest BCUT2D eigenvalue weighted by Gasteiger charge is 2.27. The van der Waals surface area contributed by atoms with Crippen molar-refractivity contribution >= 4 is 27.4 Å². The second-order valence-electron chi connectivity index (χ2n) is 6.50. The number of aryl methyl sites for hydroxylation is 1. The summed E-state index contributed by atoms with van der Waals surface area (Å²) in [5, 5.41) is 16.7. The molecule has 5 nitrogen and oxygen atoms in total. The summed E-state index contributed by atoms with van der Waals surface area (Å²) >= 11 is 1.66. The topological polar surface area (TPSA) is 61.3 Å². The van der Waals surface area contributed by atoms with Gasteiger partial charge >= 0.3 is 0 Å². The predicted octanol–water partition coefficient (Wildman–Crippen LogP) is 2.26. The summed E-state index contributed by atoms with van der Waals surface area (Å²) in [4.78, 5) is 12.1. The van der Waals surface area contributed by atoms with Gasteiger partial charge in [0.1, 0.15) is 17.0 Å². The molecule has 0 radical (unpaired) electrons. The number of rotatable bonds is 4. The molecule has 0 amide bonds. The molecular formula is C15H22N4OS. The molecule has 2 aromatic rings. The standard InChI is InChI=1S/C15H22N4OS/c1-10-7-21-14-12(10)13(16-9-17-14)18-11-4-5-19(6-11)8-15(2,3)20/h7,9,11,20H,4-6,8H2,1-3H3,(H,16,17,18)/t11-/m1/s1. The number of aromatic nitrogens is 2. The maximum atomic E-state index is 9.92. The first-order chi connectivity index (χ1) is 9.92. The summed E-state index contributed by atoms with van der Waals surface area (Å²) in [6, 6.07) is 0.379. The van der Waals surface area contributed by atoms with Crippen LogP contribution in [0.4, 0.5) is 5.82 Å². The highest BCUT2D eigenvalue weighted by molar-refractivity contribution is 7.17. The SMILES string of the molecule is Cc1csc2ncnc(N[C@@H]3CCN(CC(C)(C)O)C3)c12. The van der Waals surface area contributed by atoms with Crippen molar-refractivity contribution in [3.8, 4) is 0 Å². The van der Waals surface area contributed by atoms with E-state index in [1.54, 1.807) is 17.7 Å². The van der Waals surface area contributed by atoms with Crippen LogP contribution in [0.15, 0.2) is 11.7 Å². The Kier molecular flexibility index (Phi) is 3.86. The fourth-order valence-corrected chi connectivity index (χ4v) is 3.85. The van der Waals surface area contributed by atoms with Crippen LogP contribution < -0.4 is 5.32 Å². The van der Waals surface area contributed by atoms with Crippen molar-refractivity contribution in [1.82, 2.24) is 14.9 Å². The van der Waals surface area contributed by atoms with E-state index in [0.29, 0.717) is 12.6 Å². The number of nitrogens with one attached hydrogen (secondary N) is 1. The van der Waals surface area contributed by atoms with E-state index in [-0.39, 0.29) is 0 Å². The number of likely N-dealkylation sites (tertiary alicyclic amines) is 1. The van der Waals surface area contributed by atoms with Crippen LogP contribution in [0, 0.1) is 6.92 Å². The number of aliphatic hydroxyl groups is 1. The molecule has 6 heteroatoms. The number of nitrogens with zero attached hydrogens (tertiary/aromatic N) is 3. The number of β-amino-alcohol motifs (C(OH)–C–C–N with tert-alkyl or cyclic N) is 1. The minimum absolute atomic E-state index is 0.379. The average molecular weight is 306 g/mol. The molecule has 3 heterocycles. The smallest absolute Gasteiger partial charge is 0.138 e. The number of hydrogen-bond acceptors (Lipinski definition) is 6. The quantitative estimate of drug-likeness (QED) is 0.907. The van der Waals surface area contributed by atoms with E-state index in [0.717, 1.165) is 35.5 Å². The van der Waals surface area contributed by atoms with Gasteiger partial charge in [0, 0.05) is 25.7 Å². The zero-order valence-electron chi connectivity index (χ0n) is 12.8. The third kappa shape index (κ3) is 3.33. The third-order valence-corrected chi connectivity index (χ3v) is 4.78. The molecule has 3 rings (SSSR count). The first-order valence-electron chi connectivity index (χ1n) is 7.32. The van der Waals surface area contributed by atoms with E-state index in [1.165, 1.54) is 5.56 Å². The Morgan fingerprint density at radius 1 is 1.48 bits per heavy atom. The van der Waals surface area contributed by atoms with Gasteiger partial charge in [-0.15, -0.1) is 11.3 Å². The van der Waals surface area contributed by atoms with E-state index < -0.39 is 5.60 Å². The van der Waals surface area contributed by atoms with Gasteiger partial charge in [-0.2, -0.15) is 0 Å². The fourth-order valence-electron chi connectivity index (χ4n) is 2.96. The predicted molar refractivity (Wildman–Crippen MR) is 86.9 cm³/mol. The van der Waals surface area contributed by atoms with E-state index in [4.69, 9.17) is 0 Å². The number of anilines is 1. The lowest BCUT2D eigenvalue weighted by molar-refractivity contribution is 0.0437. The summed E-state index contributed by atoms with van der Waals surface area (Å²) in [6.45, 7) is 8.48. The number of hydrogen-bond donors (Lipinski definition) is 2. The molecule has 21 heavy (non-hydrogen) atoms. The highest BCUT2D eigenvalue weighted by atomic mass is 32.1. The molecule has 0 spiro atoms. The Morgan fingerprint density at radius 3 is 3.05 bits per heavy atom. The molecule has 0 unspecified atom stereocenters. The monoisotopic (exact) mass is 306 g/mol. The van der Waals surface area contributed by atoms with Crippen LogP contribution in [0.2, 0.25) is 0 Å². The Morgan fingerprint density at radius 2 is 2.29 bits per heavy atom. The van der Waals surface area contributed by atoms with E-state index in [9.17, 15) is 5.11 Å². The Labute approximate surface area is 129 Å². The van der Waals surface area contributed by atoms with Crippen molar-refractivity contribution in [3.05, 3.63) is 17.3 Å².